The Hall–Kier alpha value is -3.26. The SMILES string of the molecule is Cc1ccc(S(=O)(=O)N(c2cc(C)c(C)cc2OCc2ccc(C(=O)O)cc2C)C(C)C)o1. The van der Waals surface area contributed by atoms with Gasteiger partial charge in [-0.15, -0.1) is 0 Å². The quantitative estimate of drug-likeness (QED) is 0.473. The van der Waals surface area contributed by atoms with Gasteiger partial charge in [-0.05, 0) is 100 Å². The Morgan fingerprint density at radius 3 is 2.21 bits per heavy atom. The zero-order valence-corrected chi connectivity index (χ0v) is 20.5. The minimum absolute atomic E-state index is 0.127. The maximum Gasteiger partial charge on any atom is 0.335 e. The molecular weight excluding hydrogens is 442 g/mol. The van der Waals surface area contributed by atoms with Crippen molar-refractivity contribution in [3.63, 3.8) is 0 Å². The van der Waals surface area contributed by atoms with Gasteiger partial charge in [0.25, 0.3) is 10.0 Å². The molecule has 0 saturated carbocycles. The van der Waals surface area contributed by atoms with Crippen LogP contribution in [0.15, 0.2) is 52.0 Å². The highest BCUT2D eigenvalue weighted by atomic mass is 32.2. The standard InChI is InChI=1S/C25H29NO6S/c1-15(2)26(33(29,30)24-10-7-19(6)32-24)22-12-16(3)17(4)13-23(22)31-14-21-9-8-20(25(27)28)11-18(21)5/h7-13,15H,14H2,1-6H3,(H,27,28). The van der Waals surface area contributed by atoms with Gasteiger partial charge in [-0.25, -0.2) is 4.79 Å². The van der Waals surface area contributed by atoms with Gasteiger partial charge in [-0.3, -0.25) is 4.31 Å². The third-order valence-corrected chi connectivity index (χ3v) is 7.35. The number of furan rings is 1. The van der Waals surface area contributed by atoms with Crippen LogP contribution in [0.5, 0.6) is 5.75 Å². The molecule has 0 radical (unpaired) electrons. The molecule has 1 aromatic heterocycles. The molecule has 0 saturated heterocycles. The third-order valence-electron chi connectivity index (χ3n) is 5.48. The predicted molar refractivity (Wildman–Crippen MR) is 127 cm³/mol. The van der Waals surface area contributed by atoms with Gasteiger partial charge in [-0.2, -0.15) is 8.42 Å². The second kappa shape index (κ2) is 9.31. The van der Waals surface area contributed by atoms with Crippen molar-refractivity contribution in [1.82, 2.24) is 0 Å². The van der Waals surface area contributed by atoms with Crippen molar-refractivity contribution in [3.05, 3.63) is 76.0 Å². The summed E-state index contributed by atoms with van der Waals surface area (Å²) in [6, 6.07) is 11.1. The lowest BCUT2D eigenvalue weighted by atomic mass is 10.1. The second-order valence-corrected chi connectivity index (χ2v) is 10.1. The summed E-state index contributed by atoms with van der Waals surface area (Å²) in [7, 11) is -3.97. The molecular formula is C25H29NO6S. The Morgan fingerprint density at radius 2 is 1.67 bits per heavy atom. The van der Waals surface area contributed by atoms with Crippen molar-refractivity contribution in [1.29, 1.82) is 0 Å². The van der Waals surface area contributed by atoms with Crippen LogP contribution in [-0.2, 0) is 16.6 Å². The Kier molecular flexibility index (Phi) is 6.88. The molecule has 0 aliphatic rings. The maximum atomic E-state index is 13.5. The highest BCUT2D eigenvalue weighted by molar-refractivity contribution is 7.92. The molecule has 0 spiro atoms. The average molecular weight is 472 g/mol. The first kappa shape index (κ1) is 24.4. The molecule has 0 unspecified atom stereocenters. The summed E-state index contributed by atoms with van der Waals surface area (Å²) >= 11 is 0. The lowest BCUT2D eigenvalue weighted by molar-refractivity contribution is 0.0696. The summed E-state index contributed by atoms with van der Waals surface area (Å²) in [6.45, 7) is 11.1. The van der Waals surface area contributed by atoms with Crippen LogP contribution in [0, 0.1) is 27.7 Å². The van der Waals surface area contributed by atoms with Crippen LogP contribution >= 0.6 is 0 Å². The van der Waals surface area contributed by atoms with Crippen molar-refractivity contribution >= 4 is 21.7 Å². The van der Waals surface area contributed by atoms with Crippen molar-refractivity contribution in [2.24, 2.45) is 0 Å². The van der Waals surface area contributed by atoms with Crippen molar-refractivity contribution in [2.45, 2.75) is 59.3 Å². The first-order chi connectivity index (χ1) is 15.4. The Labute approximate surface area is 194 Å². The molecule has 7 nitrogen and oxygen atoms in total. The van der Waals surface area contributed by atoms with Crippen LogP contribution in [0.1, 0.15) is 52.2 Å². The van der Waals surface area contributed by atoms with Crippen molar-refractivity contribution < 1.29 is 27.5 Å². The number of nitrogens with zero attached hydrogens (tertiary/aromatic N) is 1. The van der Waals surface area contributed by atoms with Crippen molar-refractivity contribution in [2.75, 3.05) is 4.31 Å². The molecule has 0 amide bonds. The van der Waals surface area contributed by atoms with E-state index < -0.39 is 22.0 Å². The molecule has 1 N–H and O–H groups in total. The number of carbonyl (C=O) groups is 1. The largest absolute Gasteiger partial charge is 0.487 e. The molecule has 3 rings (SSSR count). The highest BCUT2D eigenvalue weighted by Gasteiger charge is 2.32. The van der Waals surface area contributed by atoms with E-state index >= 15 is 0 Å². The number of carboxylic acid groups (broad SMARTS) is 1. The first-order valence-corrected chi connectivity index (χ1v) is 12.0. The molecule has 3 aromatic rings. The van der Waals surface area contributed by atoms with Crippen molar-refractivity contribution in [3.8, 4) is 5.75 Å². The summed E-state index contributed by atoms with van der Waals surface area (Å²) in [5, 5.41) is 9.06. The molecule has 0 fully saturated rings. The van der Waals surface area contributed by atoms with Gasteiger partial charge in [-0.1, -0.05) is 6.07 Å². The summed E-state index contributed by atoms with van der Waals surface area (Å²) in [5.41, 5.74) is 4.10. The van der Waals surface area contributed by atoms with Crippen LogP contribution in [-0.4, -0.2) is 25.5 Å². The van der Waals surface area contributed by atoms with E-state index in [2.05, 4.69) is 0 Å². The Balaban J connectivity index is 2.04. The lowest BCUT2D eigenvalue weighted by Crippen LogP contribution is -2.37. The monoisotopic (exact) mass is 471 g/mol. The molecule has 0 bridgehead atoms. The predicted octanol–water partition coefficient (Wildman–Crippen LogP) is 5.39. The van der Waals surface area contributed by atoms with Gasteiger partial charge in [0.1, 0.15) is 18.1 Å². The van der Waals surface area contributed by atoms with Crippen LogP contribution in [0.25, 0.3) is 0 Å². The number of sulfonamides is 1. The number of aryl methyl sites for hydroxylation is 4. The van der Waals surface area contributed by atoms with Gasteiger partial charge in [0.05, 0.1) is 11.3 Å². The lowest BCUT2D eigenvalue weighted by Gasteiger charge is -2.29. The molecule has 0 aliphatic carbocycles. The fourth-order valence-electron chi connectivity index (χ4n) is 3.54. The van der Waals surface area contributed by atoms with E-state index in [0.717, 1.165) is 22.3 Å². The van der Waals surface area contributed by atoms with Crippen LogP contribution in [0.3, 0.4) is 0 Å². The second-order valence-electron chi connectivity index (χ2n) is 8.40. The van der Waals surface area contributed by atoms with E-state index in [4.69, 9.17) is 9.15 Å². The zero-order valence-electron chi connectivity index (χ0n) is 19.7. The number of ether oxygens (including phenoxy) is 1. The van der Waals surface area contributed by atoms with Gasteiger partial charge in [0.15, 0.2) is 0 Å². The Morgan fingerprint density at radius 1 is 1.00 bits per heavy atom. The van der Waals surface area contributed by atoms with Gasteiger partial charge in [0.2, 0.25) is 5.09 Å². The molecule has 2 aromatic carbocycles. The van der Waals surface area contributed by atoms with E-state index in [1.54, 1.807) is 45.0 Å². The first-order valence-electron chi connectivity index (χ1n) is 10.6. The number of rotatable bonds is 8. The van der Waals surface area contributed by atoms with E-state index in [9.17, 15) is 18.3 Å². The van der Waals surface area contributed by atoms with Gasteiger partial charge >= 0.3 is 5.97 Å². The fourth-order valence-corrected chi connectivity index (χ4v) is 5.17. The van der Waals surface area contributed by atoms with Gasteiger partial charge in [0, 0.05) is 6.04 Å². The summed E-state index contributed by atoms with van der Waals surface area (Å²) in [6.07, 6.45) is 0. The fraction of sp³-hybridized carbons (Fsp3) is 0.320. The van der Waals surface area contributed by atoms with E-state index in [-0.39, 0.29) is 17.3 Å². The number of aromatic carboxylic acids is 1. The molecule has 176 valence electrons. The summed E-state index contributed by atoms with van der Waals surface area (Å²) in [5.74, 6) is -0.0672. The number of benzene rings is 2. The number of hydrogen-bond acceptors (Lipinski definition) is 5. The summed E-state index contributed by atoms with van der Waals surface area (Å²) in [4.78, 5) is 11.2. The van der Waals surface area contributed by atoms with E-state index in [0.29, 0.717) is 17.2 Å². The topological polar surface area (TPSA) is 97.0 Å². The molecule has 0 aliphatic heterocycles. The number of hydrogen-bond donors (Lipinski definition) is 1. The van der Waals surface area contributed by atoms with E-state index in [1.807, 2.05) is 26.8 Å². The number of carboxylic acids is 1. The van der Waals surface area contributed by atoms with Crippen LogP contribution in [0.2, 0.25) is 0 Å². The van der Waals surface area contributed by atoms with Gasteiger partial charge < -0.3 is 14.3 Å². The van der Waals surface area contributed by atoms with Crippen LogP contribution in [0.4, 0.5) is 5.69 Å². The van der Waals surface area contributed by atoms with E-state index in [1.165, 1.54) is 16.4 Å². The third kappa shape index (κ3) is 5.06. The maximum absolute atomic E-state index is 13.5. The smallest absolute Gasteiger partial charge is 0.335 e. The minimum Gasteiger partial charge on any atom is -0.487 e. The highest BCUT2D eigenvalue weighted by Crippen LogP contribution is 2.37. The average Bonchev–Trinajstić information content (AvgIpc) is 3.17. The van der Waals surface area contributed by atoms with Crippen LogP contribution < -0.4 is 9.04 Å². The molecule has 0 atom stereocenters. The normalized spacial score (nSPS) is 11.6. The molecule has 8 heteroatoms. The minimum atomic E-state index is -3.97. The molecule has 1 heterocycles. The molecule has 33 heavy (non-hydrogen) atoms. The summed E-state index contributed by atoms with van der Waals surface area (Å²) < 4.78 is 39.9. The Bertz CT molecular complexity index is 1290. The number of anilines is 1. The zero-order chi connectivity index (χ0) is 24.5.